The molecule has 1 fully saturated rings. The van der Waals surface area contributed by atoms with Crippen LogP contribution in [0.2, 0.25) is 0 Å². The Morgan fingerprint density at radius 2 is 2.00 bits per heavy atom. The van der Waals surface area contributed by atoms with Gasteiger partial charge in [0.25, 0.3) is 5.69 Å². The Morgan fingerprint density at radius 3 is 2.72 bits per heavy atom. The molecule has 4 rings (SSSR count). The summed E-state index contributed by atoms with van der Waals surface area (Å²) in [6.45, 7) is -0.105. The minimum absolute atomic E-state index is 0.0159. The van der Waals surface area contributed by atoms with Crippen molar-refractivity contribution in [3.63, 3.8) is 0 Å². The summed E-state index contributed by atoms with van der Waals surface area (Å²) in [4.78, 5) is 39.2. The molecule has 1 aromatic heterocycles. The Labute approximate surface area is 173 Å². The summed E-state index contributed by atoms with van der Waals surface area (Å²) in [6, 6.07) is 13.6. The highest BCUT2D eigenvalue weighted by atomic mass is 32.2. The van der Waals surface area contributed by atoms with Gasteiger partial charge in [0.15, 0.2) is 5.13 Å². The molecule has 1 aliphatic rings. The Balaban J connectivity index is 1.39. The molecule has 0 radical (unpaired) electrons. The van der Waals surface area contributed by atoms with Gasteiger partial charge < -0.3 is 5.32 Å². The van der Waals surface area contributed by atoms with Crippen LogP contribution >= 0.6 is 23.1 Å². The molecule has 148 valence electrons. The highest BCUT2D eigenvalue weighted by molar-refractivity contribution is 8.00. The summed E-state index contributed by atoms with van der Waals surface area (Å²) in [6.07, 6.45) is 0. The number of non-ortho nitro benzene ring substituents is 1. The summed E-state index contributed by atoms with van der Waals surface area (Å²) < 4.78 is 0.972. The summed E-state index contributed by atoms with van der Waals surface area (Å²) in [5.41, 5.74) is 4.40. The van der Waals surface area contributed by atoms with Gasteiger partial charge in [-0.15, -0.1) is 11.8 Å². The molecule has 1 aliphatic heterocycles. The number of carbonyl (C=O) groups is 2. The molecule has 1 atom stereocenters. The SMILES string of the molecule is O=C(CNN1C(=O)CSC1c1ccc([N+](=O)[O-])cc1)Nc1nc2ccccc2s1. The summed E-state index contributed by atoms with van der Waals surface area (Å²) >= 11 is 2.76. The number of rotatable bonds is 6. The molecular weight excluding hydrogens is 414 g/mol. The van der Waals surface area contributed by atoms with Gasteiger partial charge in [0.05, 0.1) is 27.4 Å². The van der Waals surface area contributed by atoms with Crippen molar-refractivity contribution < 1.29 is 14.5 Å². The highest BCUT2D eigenvalue weighted by Gasteiger charge is 2.33. The van der Waals surface area contributed by atoms with E-state index in [0.717, 1.165) is 15.8 Å². The van der Waals surface area contributed by atoms with E-state index in [1.165, 1.54) is 40.2 Å². The van der Waals surface area contributed by atoms with Crippen molar-refractivity contribution in [3.05, 3.63) is 64.2 Å². The zero-order chi connectivity index (χ0) is 20.4. The topological polar surface area (TPSA) is 117 Å². The van der Waals surface area contributed by atoms with E-state index in [4.69, 9.17) is 0 Å². The lowest BCUT2D eigenvalue weighted by atomic mass is 10.2. The molecule has 0 saturated carbocycles. The molecule has 0 bridgehead atoms. The normalized spacial score (nSPS) is 16.3. The molecule has 9 nitrogen and oxygen atoms in total. The number of nitro benzene ring substituents is 1. The maximum absolute atomic E-state index is 12.3. The number of hydrogen-bond donors (Lipinski definition) is 2. The average Bonchev–Trinajstić information content (AvgIpc) is 3.29. The van der Waals surface area contributed by atoms with Crippen LogP contribution in [0.1, 0.15) is 10.9 Å². The van der Waals surface area contributed by atoms with Gasteiger partial charge >= 0.3 is 0 Å². The summed E-state index contributed by atoms with van der Waals surface area (Å²) in [7, 11) is 0. The standard InChI is InChI=1S/C18H15N5O4S2/c24-15(21-18-20-13-3-1-2-4-14(13)29-18)9-19-22-16(25)10-28-17(22)11-5-7-12(8-6-11)23(26)27/h1-8,17,19H,9-10H2,(H,20,21,24). The molecule has 11 heteroatoms. The molecule has 1 saturated heterocycles. The molecule has 2 aromatic carbocycles. The molecule has 0 aliphatic carbocycles. The Morgan fingerprint density at radius 1 is 1.24 bits per heavy atom. The zero-order valence-corrected chi connectivity index (χ0v) is 16.5. The zero-order valence-electron chi connectivity index (χ0n) is 14.9. The molecule has 3 aromatic rings. The molecule has 29 heavy (non-hydrogen) atoms. The summed E-state index contributed by atoms with van der Waals surface area (Å²) in [5, 5.41) is 15.1. The minimum atomic E-state index is -0.473. The van der Waals surface area contributed by atoms with Crippen LogP contribution in [0.15, 0.2) is 48.5 Å². The van der Waals surface area contributed by atoms with Crippen molar-refractivity contribution in [2.24, 2.45) is 0 Å². The lowest BCUT2D eigenvalue weighted by Crippen LogP contribution is -2.44. The van der Waals surface area contributed by atoms with Crippen LogP contribution in [0.5, 0.6) is 0 Å². The van der Waals surface area contributed by atoms with Gasteiger partial charge in [-0.1, -0.05) is 23.5 Å². The van der Waals surface area contributed by atoms with Crippen LogP contribution in [0.3, 0.4) is 0 Å². The predicted octanol–water partition coefficient (Wildman–Crippen LogP) is 2.92. The van der Waals surface area contributed by atoms with E-state index >= 15 is 0 Å². The van der Waals surface area contributed by atoms with Gasteiger partial charge in [0.2, 0.25) is 11.8 Å². The molecule has 0 spiro atoms. The van der Waals surface area contributed by atoms with Gasteiger partial charge in [-0.05, 0) is 29.8 Å². The maximum Gasteiger partial charge on any atom is 0.269 e. The van der Waals surface area contributed by atoms with Gasteiger partial charge in [0.1, 0.15) is 5.37 Å². The number of carbonyl (C=O) groups excluding carboxylic acids is 2. The van der Waals surface area contributed by atoms with Crippen LogP contribution < -0.4 is 10.7 Å². The second-order valence-electron chi connectivity index (χ2n) is 6.15. The average molecular weight is 429 g/mol. The lowest BCUT2D eigenvalue weighted by molar-refractivity contribution is -0.384. The number of nitrogens with one attached hydrogen (secondary N) is 2. The van der Waals surface area contributed by atoms with Crippen molar-refractivity contribution in [1.29, 1.82) is 0 Å². The predicted molar refractivity (Wildman–Crippen MR) is 111 cm³/mol. The van der Waals surface area contributed by atoms with Crippen molar-refractivity contribution in [3.8, 4) is 0 Å². The van der Waals surface area contributed by atoms with Crippen LogP contribution in [-0.2, 0) is 9.59 Å². The number of nitro groups is 1. The van der Waals surface area contributed by atoms with E-state index in [1.54, 1.807) is 12.1 Å². The lowest BCUT2D eigenvalue weighted by Gasteiger charge is -2.24. The van der Waals surface area contributed by atoms with E-state index in [-0.39, 0.29) is 35.2 Å². The monoisotopic (exact) mass is 429 g/mol. The number of hydrazine groups is 1. The Bertz CT molecular complexity index is 1050. The number of amides is 2. The van der Waals surface area contributed by atoms with Gasteiger partial charge in [-0.2, -0.15) is 0 Å². The summed E-state index contributed by atoms with van der Waals surface area (Å²) in [5.74, 6) is -0.226. The fourth-order valence-electron chi connectivity index (χ4n) is 2.85. The van der Waals surface area contributed by atoms with Crippen molar-refractivity contribution in [2.45, 2.75) is 5.37 Å². The maximum atomic E-state index is 12.3. The van der Waals surface area contributed by atoms with Crippen LogP contribution in [-0.4, -0.2) is 39.0 Å². The number of nitrogens with zero attached hydrogens (tertiary/aromatic N) is 3. The first-order valence-electron chi connectivity index (χ1n) is 8.58. The molecule has 1 unspecified atom stereocenters. The smallest absolute Gasteiger partial charge is 0.269 e. The number of thiazole rings is 1. The number of benzene rings is 2. The largest absolute Gasteiger partial charge is 0.301 e. The van der Waals surface area contributed by atoms with Crippen molar-refractivity contribution in [1.82, 2.24) is 15.4 Å². The van der Waals surface area contributed by atoms with Gasteiger partial charge in [-0.25, -0.2) is 10.4 Å². The number of para-hydroxylation sites is 1. The highest BCUT2D eigenvalue weighted by Crippen LogP contribution is 2.37. The van der Waals surface area contributed by atoms with E-state index in [2.05, 4.69) is 15.7 Å². The fraction of sp³-hybridized carbons (Fsp3) is 0.167. The van der Waals surface area contributed by atoms with E-state index in [9.17, 15) is 19.7 Å². The number of thioether (sulfide) groups is 1. The molecule has 2 N–H and O–H groups in total. The quantitative estimate of drug-likeness (QED) is 0.457. The van der Waals surface area contributed by atoms with Crippen LogP contribution in [0, 0.1) is 10.1 Å². The third kappa shape index (κ3) is 4.21. The molecule has 2 amide bonds. The number of fused-ring (bicyclic) bond motifs is 1. The number of anilines is 1. The Kier molecular flexibility index (Phi) is 5.43. The first-order chi connectivity index (χ1) is 14.0. The number of hydrogen-bond acceptors (Lipinski definition) is 8. The van der Waals surface area contributed by atoms with Crippen molar-refractivity contribution in [2.75, 3.05) is 17.6 Å². The molecular formula is C18H15N5O4S2. The van der Waals surface area contributed by atoms with Gasteiger partial charge in [0, 0.05) is 12.1 Å². The van der Waals surface area contributed by atoms with Crippen LogP contribution in [0.4, 0.5) is 10.8 Å². The van der Waals surface area contributed by atoms with E-state index in [0.29, 0.717) is 5.13 Å². The minimum Gasteiger partial charge on any atom is -0.301 e. The van der Waals surface area contributed by atoms with Crippen LogP contribution in [0.25, 0.3) is 10.2 Å². The second-order valence-corrected chi connectivity index (χ2v) is 8.24. The van der Waals surface area contributed by atoms with Crippen molar-refractivity contribution >= 4 is 55.9 Å². The number of aromatic nitrogens is 1. The third-order valence-electron chi connectivity index (χ3n) is 4.21. The van der Waals surface area contributed by atoms with Gasteiger partial charge in [-0.3, -0.25) is 24.7 Å². The third-order valence-corrected chi connectivity index (χ3v) is 6.37. The fourth-order valence-corrected chi connectivity index (χ4v) is 4.86. The first-order valence-corrected chi connectivity index (χ1v) is 10.4. The first kappa shape index (κ1) is 19.3. The second kappa shape index (κ2) is 8.15. The molecule has 2 heterocycles. The van der Waals surface area contributed by atoms with E-state index in [1.807, 2.05) is 24.3 Å². The van der Waals surface area contributed by atoms with E-state index < -0.39 is 4.92 Å². The Hall–Kier alpha value is -3.02.